The molecule has 0 bridgehead atoms. The van der Waals surface area contributed by atoms with Crippen LogP contribution in [0.2, 0.25) is 0 Å². The van der Waals surface area contributed by atoms with E-state index in [-0.39, 0.29) is 5.91 Å². The average molecular weight is 304 g/mol. The van der Waals surface area contributed by atoms with Crippen molar-refractivity contribution in [3.8, 4) is 5.75 Å². The fraction of sp³-hybridized carbons (Fsp3) is 0.611. The molecule has 0 saturated carbocycles. The van der Waals surface area contributed by atoms with Gasteiger partial charge in [0.1, 0.15) is 5.75 Å². The second-order valence-electron chi connectivity index (χ2n) is 6.40. The van der Waals surface area contributed by atoms with Gasteiger partial charge in [0.2, 0.25) is 0 Å². The number of nitrogens with one attached hydrogen (secondary N) is 1. The quantitative estimate of drug-likeness (QED) is 0.878. The van der Waals surface area contributed by atoms with Crippen LogP contribution >= 0.6 is 0 Å². The van der Waals surface area contributed by atoms with E-state index in [0.717, 1.165) is 38.2 Å². The van der Waals surface area contributed by atoms with Gasteiger partial charge in [-0.05, 0) is 49.9 Å². The third-order valence-electron chi connectivity index (χ3n) is 3.97. The molecule has 1 saturated heterocycles. The van der Waals surface area contributed by atoms with Crippen molar-refractivity contribution in [3.63, 3.8) is 0 Å². The molecule has 1 aromatic rings. The Labute approximate surface area is 133 Å². The van der Waals surface area contributed by atoms with E-state index in [4.69, 9.17) is 4.74 Å². The lowest BCUT2D eigenvalue weighted by Gasteiger charge is -2.33. The highest BCUT2D eigenvalue weighted by Crippen LogP contribution is 2.15. The standard InChI is InChI=1S/C18H28N2O2/c1-4-22-17-7-5-15(6-8-17)18(21)19-16-9-11-20(12-10-16)13-14(2)3/h5-8,14,16H,4,9-13H2,1-3H3,(H,19,21). The highest BCUT2D eigenvalue weighted by Gasteiger charge is 2.21. The van der Waals surface area contributed by atoms with E-state index in [9.17, 15) is 4.79 Å². The zero-order valence-electron chi connectivity index (χ0n) is 14.0. The molecule has 1 heterocycles. The Balaban J connectivity index is 1.80. The minimum absolute atomic E-state index is 0.0189. The number of piperidine rings is 1. The van der Waals surface area contributed by atoms with Crippen molar-refractivity contribution in [2.45, 2.75) is 39.7 Å². The van der Waals surface area contributed by atoms with Gasteiger partial charge in [0.25, 0.3) is 5.91 Å². The van der Waals surface area contributed by atoms with Crippen LogP contribution in [0.15, 0.2) is 24.3 Å². The third-order valence-corrected chi connectivity index (χ3v) is 3.97. The van der Waals surface area contributed by atoms with Gasteiger partial charge >= 0.3 is 0 Å². The van der Waals surface area contributed by atoms with Gasteiger partial charge in [0.05, 0.1) is 6.61 Å². The molecule has 4 nitrogen and oxygen atoms in total. The molecule has 1 aliphatic heterocycles. The summed E-state index contributed by atoms with van der Waals surface area (Å²) in [7, 11) is 0. The molecule has 0 radical (unpaired) electrons. The van der Waals surface area contributed by atoms with Gasteiger partial charge in [0.15, 0.2) is 0 Å². The third kappa shape index (κ3) is 5.02. The predicted molar refractivity (Wildman–Crippen MR) is 89.4 cm³/mol. The van der Waals surface area contributed by atoms with Gasteiger partial charge in [-0.1, -0.05) is 13.8 Å². The van der Waals surface area contributed by atoms with E-state index in [1.54, 1.807) is 0 Å². The molecule has 0 spiro atoms. The smallest absolute Gasteiger partial charge is 0.251 e. The number of carbonyl (C=O) groups excluding carboxylic acids is 1. The second-order valence-corrected chi connectivity index (χ2v) is 6.40. The maximum Gasteiger partial charge on any atom is 0.251 e. The largest absolute Gasteiger partial charge is 0.494 e. The highest BCUT2D eigenvalue weighted by atomic mass is 16.5. The predicted octanol–water partition coefficient (Wildman–Crippen LogP) is 2.94. The molecule has 1 fully saturated rings. The Hall–Kier alpha value is -1.55. The lowest BCUT2D eigenvalue weighted by atomic mass is 10.0. The molecule has 2 rings (SSSR count). The van der Waals surface area contributed by atoms with Crippen molar-refractivity contribution >= 4 is 5.91 Å². The number of amides is 1. The van der Waals surface area contributed by atoms with Crippen LogP contribution in [-0.2, 0) is 0 Å². The van der Waals surface area contributed by atoms with Gasteiger partial charge in [-0.3, -0.25) is 4.79 Å². The van der Waals surface area contributed by atoms with Crippen LogP contribution in [0.5, 0.6) is 5.75 Å². The number of hydrogen-bond acceptors (Lipinski definition) is 3. The van der Waals surface area contributed by atoms with Crippen LogP contribution < -0.4 is 10.1 Å². The molecule has 1 amide bonds. The molecule has 0 aliphatic carbocycles. The summed E-state index contributed by atoms with van der Waals surface area (Å²) in [5.41, 5.74) is 0.702. The van der Waals surface area contributed by atoms with E-state index in [0.29, 0.717) is 24.1 Å². The number of likely N-dealkylation sites (tertiary alicyclic amines) is 1. The fourth-order valence-electron chi connectivity index (χ4n) is 2.91. The number of hydrogen-bond donors (Lipinski definition) is 1. The number of rotatable bonds is 6. The Morgan fingerprint density at radius 2 is 1.91 bits per heavy atom. The first-order chi connectivity index (χ1) is 10.6. The van der Waals surface area contributed by atoms with Crippen LogP contribution in [0.1, 0.15) is 44.0 Å². The Bertz CT molecular complexity index is 462. The van der Waals surface area contributed by atoms with Crippen molar-refractivity contribution in [2.24, 2.45) is 5.92 Å². The number of benzene rings is 1. The maximum atomic E-state index is 12.3. The van der Waals surface area contributed by atoms with Crippen molar-refractivity contribution < 1.29 is 9.53 Å². The molecule has 1 aromatic carbocycles. The van der Waals surface area contributed by atoms with Crippen LogP contribution in [-0.4, -0.2) is 43.1 Å². The Morgan fingerprint density at radius 3 is 2.45 bits per heavy atom. The zero-order valence-corrected chi connectivity index (χ0v) is 14.0. The van der Waals surface area contributed by atoms with Crippen LogP contribution in [0, 0.1) is 5.92 Å². The summed E-state index contributed by atoms with van der Waals surface area (Å²) in [6.07, 6.45) is 2.07. The first-order valence-electron chi connectivity index (χ1n) is 8.34. The lowest BCUT2D eigenvalue weighted by molar-refractivity contribution is 0.0907. The Kier molecular flexibility index (Phi) is 6.25. The summed E-state index contributed by atoms with van der Waals surface area (Å²) in [6, 6.07) is 7.65. The average Bonchev–Trinajstić information content (AvgIpc) is 2.50. The van der Waals surface area contributed by atoms with Gasteiger partial charge < -0.3 is 15.0 Å². The number of ether oxygens (including phenoxy) is 1. The number of nitrogens with zero attached hydrogens (tertiary/aromatic N) is 1. The van der Waals surface area contributed by atoms with Crippen molar-refractivity contribution in [1.82, 2.24) is 10.2 Å². The molecule has 22 heavy (non-hydrogen) atoms. The van der Waals surface area contributed by atoms with Gasteiger partial charge in [-0.2, -0.15) is 0 Å². The molecule has 0 unspecified atom stereocenters. The van der Waals surface area contributed by atoms with Crippen LogP contribution in [0.4, 0.5) is 0 Å². The summed E-state index contributed by atoms with van der Waals surface area (Å²) in [5, 5.41) is 3.15. The van der Waals surface area contributed by atoms with Gasteiger partial charge in [-0.25, -0.2) is 0 Å². The van der Waals surface area contributed by atoms with Crippen molar-refractivity contribution in [1.29, 1.82) is 0 Å². The van der Waals surface area contributed by atoms with Crippen molar-refractivity contribution in [3.05, 3.63) is 29.8 Å². The normalized spacial score (nSPS) is 16.7. The summed E-state index contributed by atoms with van der Waals surface area (Å²) in [5.74, 6) is 1.53. The lowest BCUT2D eigenvalue weighted by Crippen LogP contribution is -2.45. The monoisotopic (exact) mass is 304 g/mol. The molecular weight excluding hydrogens is 276 g/mol. The van der Waals surface area contributed by atoms with Crippen molar-refractivity contribution in [2.75, 3.05) is 26.2 Å². The minimum atomic E-state index is 0.0189. The molecular formula is C18H28N2O2. The van der Waals surface area contributed by atoms with Gasteiger partial charge in [0, 0.05) is 31.2 Å². The first-order valence-corrected chi connectivity index (χ1v) is 8.34. The molecule has 122 valence electrons. The van der Waals surface area contributed by atoms with E-state index in [2.05, 4.69) is 24.1 Å². The minimum Gasteiger partial charge on any atom is -0.494 e. The maximum absolute atomic E-state index is 12.3. The van der Waals surface area contributed by atoms with E-state index >= 15 is 0 Å². The SMILES string of the molecule is CCOc1ccc(C(=O)NC2CCN(CC(C)C)CC2)cc1. The summed E-state index contributed by atoms with van der Waals surface area (Å²) < 4.78 is 5.40. The topological polar surface area (TPSA) is 41.6 Å². The van der Waals surface area contributed by atoms with E-state index in [1.807, 2.05) is 31.2 Å². The molecule has 1 aliphatic rings. The second kappa shape index (κ2) is 8.18. The van der Waals surface area contributed by atoms with Gasteiger partial charge in [-0.15, -0.1) is 0 Å². The van der Waals surface area contributed by atoms with Crippen LogP contribution in [0.25, 0.3) is 0 Å². The fourth-order valence-corrected chi connectivity index (χ4v) is 2.91. The number of carbonyl (C=O) groups is 1. The van der Waals surface area contributed by atoms with E-state index < -0.39 is 0 Å². The summed E-state index contributed by atoms with van der Waals surface area (Å²) >= 11 is 0. The molecule has 0 atom stereocenters. The molecule has 4 heteroatoms. The Morgan fingerprint density at radius 1 is 1.27 bits per heavy atom. The van der Waals surface area contributed by atoms with E-state index in [1.165, 1.54) is 0 Å². The highest BCUT2D eigenvalue weighted by molar-refractivity contribution is 5.94. The summed E-state index contributed by atoms with van der Waals surface area (Å²) in [4.78, 5) is 14.8. The molecule has 1 N–H and O–H groups in total. The molecule has 0 aromatic heterocycles. The summed E-state index contributed by atoms with van der Waals surface area (Å²) in [6.45, 7) is 10.4. The first kappa shape index (κ1) is 16.8. The van der Waals surface area contributed by atoms with Crippen LogP contribution in [0.3, 0.4) is 0 Å². The zero-order chi connectivity index (χ0) is 15.9.